The minimum atomic E-state index is -4.43. The summed E-state index contributed by atoms with van der Waals surface area (Å²) in [5, 5.41) is 5.81. The minimum Gasteiger partial charge on any atom is -0.378 e. The van der Waals surface area contributed by atoms with E-state index < -0.39 is 24.7 Å². The number of halogens is 3. The van der Waals surface area contributed by atoms with Crippen LogP contribution in [0.25, 0.3) is 10.7 Å². The highest BCUT2D eigenvalue weighted by Gasteiger charge is 2.34. The van der Waals surface area contributed by atoms with Crippen molar-refractivity contribution in [3.8, 4) is 10.7 Å². The van der Waals surface area contributed by atoms with E-state index >= 15 is 0 Å². The van der Waals surface area contributed by atoms with E-state index in [1.165, 1.54) is 11.3 Å². The van der Waals surface area contributed by atoms with E-state index in [-0.39, 0.29) is 19.0 Å². The summed E-state index contributed by atoms with van der Waals surface area (Å²) in [7, 11) is 1.13. The smallest absolute Gasteiger partial charge is 0.378 e. The molecule has 1 aliphatic heterocycles. The average Bonchev–Trinajstić information content (AvgIpc) is 3.25. The van der Waals surface area contributed by atoms with Crippen molar-refractivity contribution in [1.82, 2.24) is 19.9 Å². The van der Waals surface area contributed by atoms with Gasteiger partial charge in [0.15, 0.2) is 0 Å². The van der Waals surface area contributed by atoms with Gasteiger partial charge in [-0.3, -0.25) is 9.69 Å². The van der Waals surface area contributed by atoms with Gasteiger partial charge in [0.2, 0.25) is 17.6 Å². The van der Waals surface area contributed by atoms with Gasteiger partial charge in [0.25, 0.3) is 0 Å². The Balaban J connectivity index is 1.69. The number of ether oxygens (including phenoxy) is 1. The molecule has 3 rings (SSSR count). The number of morpholine rings is 1. The van der Waals surface area contributed by atoms with Gasteiger partial charge in [-0.1, -0.05) is 11.2 Å². The zero-order valence-electron chi connectivity index (χ0n) is 13.9. The van der Waals surface area contributed by atoms with Crippen LogP contribution in [-0.2, 0) is 9.53 Å². The Labute approximate surface area is 151 Å². The van der Waals surface area contributed by atoms with Crippen LogP contribution in [0.15, 0.2) is 22.0 Å². The van der Waals surface area contributed by atoms with Crippen molar-refractivity contribution >= 4 is 17.2 Å². The average molecular weight is 390 g/mol. The van der Waals surface area contributed by atoms with E-state index in [0.717, 1.165) is 11.9 Å². The van der Waals surface area contributed by atoms with Crippen molar-refractivity contribution in [1.29, 1.82) is 0 Å². The van der Waals surface area contributed by atoms with Crippen molar-refractivity contribution in [2.75, 3.05) is 39.9 Å². The second kappa shape index (κ2) is 7.72. The maximum atomic E-state index is 12.5. The number of amides is 1. The van der Waals surface area contributed by atoms with Crippen molar-refractivity contribution in [3.05, 3.63) is 23.4 Å². The van der Waals surface area contributed by atoms with Crippen molar-refractivity contribution < 1.29 is 27.2 Å². The lowest BCUT2D eigenvalue weighted by molar-refractivity contribution is -0.160. The molecule has 7 nitrogen and oxygen atoms in total. The van der Waals surface area contributed by atoms with E-state index in [2.05, 4.69) is 10.1 Å². The molecule has 2 aromatic heterocycles. The first-order valence-electron chi connectivity index (χ1n) is 7.83. The van der Waals surface area contributed by atoms with Crippen LogP contribution < -0.4 is 0 Å². The molecule has 0 aromatic carbocycles. The van der Waals surface area contributed by atoms with E-state index in [1.54, 1.807) is 4.90 Å². The van der Waals surface area contributed by atoms with Gasteiger partial charge in [0.1, 0.15) is 12.6 Å². The van der Waals surface area contributed by atoms with Crippen LogP contribution in [0.2, 0.25) is 0 Å². The van der Waals surface area contributed by atoms with Gasteiger partial charge in [-0.15, -0.1) is 11.3 Å². The first-order chi connectivity index (χ1) is 12.3. The van der Waals surface area contributed by atoms with Crippen LogP contribution in [0.5, 0.6) is 0 Å². The zero-order chi connectivity index (χ0) is 18.7. The fourth-order valence-corrected chi connectivity index (χ4v) is 3.23. The number of nitrogens with zero attached hydrogens (tertiary/aromatic N) is 4. The Hall–Kier alpha value is -1.98. The number of aromatic nitrogens is 2. The number of likely N-dealkylation sites (N-methyl/N-ethyl adjacent to an activating group) is 1. The predicted octanol–water partition coefficient (Wildman–Crippen LogP) is 2.19. The van der Waals surface area contributed by atoms with E-state index in [9.17, 15) is 18.0 Å². The fourth-order valence-electron chi connectivity index (χ4n) is 2.58. The van der Waals surface area contributed by atoms with E-state index in [1.807, 2.05) is 17.5 Å². The molecule has 3 heterocycles. The first-order valence-corrected chi connectivity index (χ1v) is 8.71. The molecule has 0 bridgehead atoms. The lowest BCUT2D eigenvalue weighted by Gasteiger charge is -2.33. The molecule has 0 saturated carbocycles. The highest BCUT2D eigenvalue weighted by molar-refractivity contribution is 7.13. The molecule has 0 radical (unpaired) electrons. The van der Waals surface area contributed by atoms with Gasteiger partial charge in [-0.05, 0) is 11.4 Å². The fraction of sp³-hybridized carbons (Fsp3) is 0.533. The second-order valence-electron chi connectivity index (χ2n) is 5.86. The lowest BCUT2D eigenvalue weighted by Crippen LogP contribution is -2.47. The second-order valence-corrected chi connectivity index (χ2v) is 6.81. The van der Waals surface area contributed by atoms with E-state index in [4.69, 9.17) is 9.26 Å². The number of alkyl halides is 3. The maximum absolute atomic E-state index is 12.5. The molecular formula is C15H17F3N4O3S. The molecule has 2 aromatic rings. The summed E-state index contributed by atoms with van der Waals surface area (Å²) in [5.41, 5.74) is 0. The lowest BCUT2D eigenvalue weighted by atomic mass is 10.2. The number of hydrogen-bond donors (Lipinski definition) is 0. The highest BCUT2D eigenvalue weighted by atomic mass is 32.1. The number of rotatable bonds is 5. The van der Waals surface area contributed by atoms with Crippen molar-refractivity contribution in [3.63, 3.8) is 0 Å². The van der Waals surface area contributed by atoms with Crippen LogP contribution >= 0.6 is 11.3 Å². The number of carbonyl (C=O) groups is 1. The molecule has 1 amide bonds. The molecule has 1 saturated heterocycles. The monoisotopic (exact) mass is 390 g/mol. The number of carbonyl (C=O) groups excluding carboxylic acids is 1. The molecule has 142 valence electrons. The molecule has 1 aliphatic rings. The highest BCUT2D eigenvalue weighted by Crippen LogP contribution is 2.27. The minimum absolute atomic E-state index is 0.183. The predicted molar refractivity (Wildman–Crippen MR) is 86.4 cm³/mol. The Morgan fingerprint density at radius 1 is 1.50 bits per heavy atom. The summed E-state index contributed by atoms with van der Waals surface area (Å²) in [6, 6.07) is 3.24. The van der Waals surface area contributed by atoms with Crippen LogP contribution in [0.1, 0.15) is 11.9 Å². The third kappa shape index (κ3) is 4.59. The number of hydrogen-bond acceptors (Lipinski definition) is 7. The third-order valence-electron chi connectivity index (χ3n) is 3.89. The van der Waals surface area contributed by atoms with Crippen LogP contribution in [0.3, 0.4) is 0 Å². The molecule has 1 unspecified atom stereocenters. The summed E-state index contributed by atoms with van der Waals surface area (Å²) in [6.45, 7) is -0.491. The molecular weight excluding hydrogens is 373 g/mol. The van der Waals surface area contributed by atoms with Crippen molar-refractivity contribution in [2.24, 2.45) is 0 Å². The molecule has 0 N–H and O–H groups in total. The first kappa shape index (κ1) is 18.8. The molecule has 0 aliphatic carbocycles. The van der Waals surface area contributed by atoms with E-state index in [0.29, 0.717) is 23.9 Å². The van der Waals surface area contributed by atoms with Gasteiger partial charge in [-0.2, -0.15) is 18.2 Å². The summed E-state index contributed by atoms with van der Waals surface area (Å²) >= 11 is 1.46. The molecule has 1 fully saturated rings. The van der Waals surface area contributed by atoms with Gasteiger partial charge in [0.05, 0.1) is 24.6 Å². The maximum Gasteiger partial charge on any atom is 0.406 e. The normalized spacial score (nSPS) is 18.8. The Kier molecular flexibility index (Phi) is 5.58. The SMILES string of the molecule is CN(CC(F)(F)F)C(=O)CN1CCOCC1c1nc(-c2cccs2)no1. The standard InChI is InChI=1S/C15H17F3N4O3S/c1-21(9-15(16,17)18)12(23)7-22-4-5-24-8-10(22)14-19-13(20-25-14)11-3-2-6-26-11/h2-3,6,10H,4-5,7-9H2,1H3. The summed E-state index contributed by atoms with van der Waals surface area (Å²) in [5.74, 6) is 0.0765. The third-order valence-corrected chi connectivity index (χ3v) is 4.75. The van der Waals surface area contributed by atoms with Gasteiger partial charge in [0, 0.05) is 13.6 Å². The van der Waals surface area contributed by atoms with Gasteiger partial charge in [-0.25, -0.2) is 0 Å². The zero-order valence-corrected chi connectivity index (χ0v) is 14.7. The topological polar surface area (TPSA) is 71.7 Å². The number of thiophene rings is 1. The Morgan fingerprint density at radius 3 is 3.00 bits per heavy atom. The van der Waals surface area contributed by atoms with Gasteiger partial charge >= 0.3 is 6.18 Å². The van der Waals surface area contributed by atoms with Crippen molar-refractivity contribution in [2.45, 2.75) is 12.2 Å². The molecule has 0 spiro atoms. The Morgan fingerprint density at radius 2 is 2.31 bits per heavy atom. The van der Waals surface area contributed by atoms with Crippen LogP contribution in [-0.4, -0.2) is 71.9 Å². The van der Waals surface area contributed by atoms with Crippen LogP contribution in [0.4, 0.5) is 13.2 Å². The molecule has 11 heteroatoms. The molecule has 26 heavy (non-hydrogen) atoms. The Bertz CT molecular complexity index is 735. The molecule has 1 atom stereocenters. The summed E-state index contributed by atoms with van der Waals surface area (Å²) < 4.78 is 48.1. The van der Waals surface area contributed by atoms with Crippen LogP contribution in [0, 0.1) is 0 Å². The summed E-state index contributed by atoms with van der Waals surface area (Å²) in [4.78, 5) is 19.7. The summed E-state index contributed by atoms with van der Waals surface area (Å²) in [6.07, 6.45) is -4.43. The van der Waals surface area contributed by atoms with Gasteiger partial charge < -0.3 is 14.2 Å². The quantitative estimate of drug-likeness (QED) is 0.780. The largest absolute Gasteiger partial charge is 0.406 e.